The topological polar surface area (TPSA) is 143 Å². The summed E-state index contributed by atoms with van der Waals surface area (Å²) in [6.45, 7) is 0. The number of aryl methyl sites for hydroxylation is 1. The van der Waals surface area contributed by atoms with Crippen molar-refractivity contribution in [3.8, 4) is 0 Å². The van der Waals surface area contributed by atoms with Gasteiger partial charge in [-0.25, -0.2) is 9.78 Å². The van der Waals surface area contributed by atoms with Crippen molar-refractivity contribution < 1.29 is 24.3 Å². The van der Waals surface area contributed by atoms with Crippen LogP contribution < -0.4 is 11.1 Å². The number of carbonyl (C=O) groups is 4. The van der Waals surface area contributed by atoms with Gasteiger partial charge >= 0.3 is 5.97 Å². The fourth-order valence-electron chi connectivity index (χ4n) is 3.28. The number of thiazole rings is 1. The number of carboxylic acids is 1. The number of thioether (sulfide) groups is 2. The Morgan fingerprint density at radius 2 is 2.16 bits per heavy atom. The molecular weight excluding hydrogens is 493 g/mol. The molecule has 2 aromatic rings. The number of carboxylic acid groups (broad SMARTS) is 1. The normalized spacial score (nSPS) is 20.0. The Hall–Kier alpha value is -2.35. The molecule has 2 atom stereocenters. The Kier molecular flexibility index (Phi) is 6.88. The maximum atomic E-state index is 12.7. The van der Waals surface area contributed by atoms with Gasteiger partial charge in [0.15, 0.2) is 4.34 Å². The summed E-state index contributed by atoms with van der Waals surface area (Å²) in [7, 11) is 0. The van der Waals surface area contributed by atoms with Crippen molar-refractivity contribution in [3.63, 3.8) is 0 Å². The summed E-state index contributed by atoms with van der Waals surface area (Å²) in [5.74, 6) is -1.92. The molecule has 0 spiro atoms. The zero-order valence-corrected chi connectivity index (χ0v) is 19.7. The third-order valence-corrected chi connectivity index (χ3v) is 9.03. The van der Waals surface area contributed by atoms with Crippen LogP contribution >= 0.6 is 46.2 Å². The molecule has 4 heterocycles. The lowest BCUT2D eigenvalue weighted by Gasteiger charge is -2.49. The Labute approximate surface area is 199 Å². The van der Waals surface area contributed by atoms with E-state index in [4.69, 9.17) is 5.73 Å². The highest BCUT2D eigenvalue weighted by Gasteiger charge is 2.54. The lowest BCUT2D eigenvalue weighted by Crippen LogP contribution is -2.70. The highest BCUT2D eigenvalue weighted by Crippen LogP contribution is 2.45. The number of β-lactam (4-membered cyclic amide) rings is 1. The summed E-state index contributed by atoms with van der Waals surface area (Å²) >= 11 is 5.45. The molecular formula is C19H18N4O5S4. The molecule has 0 radical (unpaired) electrons. The number of amides is 3. The van der Waals surface area contributed by atoms with Crippen LogP contribution in [0.15, 0.2) is 37.1 Å². The molecule has 1 saturated heterocycles. The molecule has 4 N–H and O–H groups in total. The average molecular weight is 511 g/mol. The number of rotatable bonds is 9. The molecule has 4 rings (SSSR count). The molecule has 0 aliphatic carbocycles. The van der Waals surface area contributed by atoms with E-state index in [1.54, 1.807) is 5.38 Å². The summed E-state index contributed by atoms with van der Waals surface area (Å²) in [4.78, 5) is 54.1. The van der Waals surface area contributed by atoms with Gasteiger partial charge in [0.25, 0.3) is 5.91 Å². The summed E-state index contributed by atoms with van der Waals surface area (Å²) in [5, 5.41) is 17.6. The zero-order valence-electron chi connectivity index (χ0n) is 16.5. The number of primary amides is 1. The maximum Gasteiger partial charge on any atom is 0.353 e. The van der Waals surface area contributed by atoms with Gasteiger partial charge in [-0.3, -0.25) is 19.3 Å². The van der Waals surface area contributed by atoms with Gasteiger partial charge < -0.3 is 16.2 Å². The second kappa shape index (κ2) is 9.65. The lowest BCUT2D eigenvalue weighted by molar-refractivity contribution is -0.150. The highest BCUT2D eigenvalue weighted by atomic mass is 32.2. The number of nitrogens with one attached hydrogen (secondary N) is 1. The van der Waals surface area contributed by atoms with Crippen LogP contribution in [0.5, 0.6) is 0 Å². The fourth-order valence-corrected chi connectivity index (χ4v) is 7.45. The minimum absolute atomic E-state index is 0.0685. The molecule has 0 unspecified atom stereocenters. The van der Waals surface area contributed by atoms with Crippen LogP contribution in [0.1, 0.15) is 17.7 Å². The molecule has 2 aliphatic rings. The molecule has 9 nitrogen and oxygen atoms in total. The van der Waals surface area contributed by atoms with Gasteiger partial charge in [0.2, 0.25) is 11.8 Å². The van der Waals surface area contributed by atoms with Crippen LogP contribution in [0.2, 0.25) is 0 Å². The van der Waals surface area contributed by atoms with E-state index in [9.17, 15) is 24.3 Å². The summed E-state index contributed by atoms with van der Waals surface area (Å²) in [6, 6.07) is 1.11. The van der Waals surface area contributed by atoms with Crippen molar-refractivity contribution in [2.75, 3.05) is 5.75 Å². The molecule has 2 aromatic heterocycles. The van der Waals surface area contributed by atoms with E-state index in [1.807, 2.05) is 16.8 Å². The number of aliphatic carboxylic acids is 1. The third-order valence-electron chi connectivity index (χ3n) is 4.77. The average Bonchev–Trinajstić information content (AvgIpc) is 3.42. The number of hydrogen-bond donors (Lipinski definition) is 3. The van der Waals surface area contributed by atoms with Crippen molar-refractivity contribution >= 4 is 69.9 Å². The van der Waals surface area contributed by atoms with Crippen molar-refractivity contribution in [3.05, 3.63) is 44.1 Å². The van der Waals surface area contributed by atoms with Crippen molar-refractivity contribution in [1.29, 1.82) is 0 Å². The van der Waals surface area contributed by atoms with Gasteiger partial charge in [0.05, 0.1) is 12.1 Å². The quantitative estimate of drug-likeness (QED) is 0.432. The van der Waals surface area contributed by atoms with E-state index in [2.05, 4.69) is 10.3 Å². The number of fused-ring (bicyclic) bond motifs is 1. The van der Waals surface area contributed by atoms with Gasteiger partial charge in [-0.1, -0.05) is 11.8 Å². The van der Waals surface area contributed by atoms with E-state index in [0.717, 1.165) is 5.56 Å². The number of aromatic nitrogens is 1. The molecule has 13 heteroatoms. The highest BCUT2D eigenvalue weighted by molar-refractivity contribution is 8.07. The van der Waals surface area contributed by atoms with Gasteiger partial charge in [0, 0.05) is 22.5 Å². The van der Waals surface area contributed by atoms with Crippen LogP contribution in [0, 0.1) is 0 Å². The number of hydrogen-bond acceptors (Lipinski definition) is 9. The Morgan fingerprint density at radius 1 is 1.34 bits per heavy atom. The second-order valence-corrected chi connectivity index (χ2v) is 11.1. The third kappa shape index (κ3) is 4.85. The number of nitrogens with two attached hydrogens (primary N) is 1. The van der Waals surface area contributed by atoms with Gasteiger partial charge in [-0.2, -0.15) is 11.3 Å². The van der Waals surface area contributed by atoms with E-state index in [0.29, 0.717) is 27.1 Å². The molecule has 1 fully saturated rings. The first-order chi connectivity index (χ1) is 15.3. The molecule has 0 bridgehead atoms. The van der Waals surface area contributed by atoms with Crippen molar-refractivity contribution in [1.82, 2.24) is 15.2 Å². The molecule has 0 saturated carbocycles. The van der Waals surface area contributed by atoms with Gasteiger partial charge in [-0.05, 0) is 28.8 Å². The Balaban J connectivity index is 1.44. The summed E-state index contributed by atoms with van der Waals surface area (Å²) in [5.41, 5.74) is 6.68. The predicted molar refractivity (Wildman–Crippen MR) is 123 cm³/mol. The molecule has 32 heavy (non-hydrogen) atoms. The lowest BCUT2D eigenvalue weighted by atomic mass is 10.0. The molecule has 0 aromatic carbocycles. The van der Waals surface area contributed by atoms with Crippen LogP contribution in [-0.4, -0.2) is 55.8 Å². The number of thiophene rings is 1. The van der Waals surface area contributed by atoms with Crippen LogP contribution in [0.4, 0.5) is 0 Å². The second-order valence-electron chi connectivity index (χ2n) is 7.01. The van der Waals surface area contributed by atoms with Crippen molar-refractivity contribution in [2.45, 2.75) is 35.0 Å². The zero-order chi connectivity index (χ0) is 22.8. The minimum Gasteiger partial charge on any atom is -0.477 e. The van der Waals surface area contributed by atoms with E-state index < -0.39 is 29.2 Å². The number of carbonyl (C=O) groups excluding carboxylic acids is 3. The van der Waals surface area contributed by atoms with E-state index in [-0.39, 0.29) is 24.4 Å². The predicted octanol–water partition coefficient (Wildman–Crippen LogP) is 1.65. The first-order valence-electron chi connectivity index (χ1n) is 9.45. The standard InChI is InChI=1S/C19H18N4O5S4/c20-12(24)2-1-10-7-31-19(21-10)32-11-8-30-17-14(16(26)23(17)15(11)18(27)28)22-13(25)5-9-3-4-29-6-9/h3-4,6-7,14,17H,1-2,5,8H2,(H2,20,24)(H,22,25)(H,27,28)/t14-,17+/m1/s1. The monoisotopic (exact) mass is 510 g/mol. The summed E-state index contributed by atoms with van der Waals surface area (Å²) < 4.78 is 0.630. The SMILES string of the molecule is NC(=O)CCc1csc(SC2=C(C(=O)O)N3C(=O)[C@@H](NC(=O)Cc4ccsc4)[C@@H]3SC2)n1. The van der Waals surface area contributed by atoms with E-state index in [1.165, 1.54) is 51.1 Å². The van der Waals surface area contributed by atoms with Crippen LogP contribution in [0.3, 0.4) is 0 Å². The first-order valence-corrected chi connectivity index (χ1v) is 13.1. The smallest absolute Gasteiger partial charge is 0.353 e. The first kappa shape index (κ1) is 22.8. The van der Waals surface area contributed by atoms with Crippen LogP contribution in [0.25, 0.3) is 0 Å². The Morgan fingerprint density at radius 3 is 2.84 bits per heavy atom. The molecule has 168 valence electrons. The largest absolute Gasteiger partial charge is 0.477 e. The minimum atomic E-state index is -1.19. The van der Waals surface area contributed by atoms with Gasteiger partial charge in [-0.15, -0.1) is 23.1 Å². The molecule has 2 aliphatic heterocycles. The Bertz CT molecular complexity index is 1100. The fraction of sp³-hybridized carbons (Fsp3) is 0.316. The maximum absolute atomic E-state index is 12.7. The number of nitrogens with zero attached hydrogens (tertiary/aromatic N) is 2. The molecule has 3 amide bonds. The summed E-state index contributed by atoms with van der Waals surface area (Å²) in [6.07, 6.45) is 0.789. The van der Waals surface area contributed by atoms with E-state index >= 15 is 0 Å². The van der Waals surface area contributed by atoms with Crippen LogP contribution in [-0.2, 0) is 32.0 Å². The van der Waals surface area contributed by atoms with Crippen molar-refractivity contribution in [2.24, 2.45) is 5.73 Å². The van der Waals surface area contributed by atoms with Gasteiger partial charge in [0.1, 0.15) is 17.1 Å².